The largest absolute Gasteiger partial charge is 0.493 e. The van der Waals surface area contributed by atoms with E-state index in [2.05, 4.69) is 0 Å². The SMILES string of the molecule is CC(O)c1cccc(OCC2CC3CCC2C3)c1. The number of fused-ring (bicyclic) bond motifs is 2. The molecule has 0 aliphatic heterocycles. The third-order valence-corrected chi connectivity index (χ3v) is 4.69. The van der Waals surface area contributed by atoms with Crippen LogP contribution in [0.4, 0.5) is 0 Å². The van der Waals surface area contributed by atoms with Gasteiger partial charge in [0, 0.05) is 0 Å². The van der Waals surface area contributed by atoms with Crippen molar-refractivity contribution < 1.29 is 9.84 Å². The van der Waals surface area contributed by atoms with Crippen LogP contribution in [0.25, 0.3) is 0 Å². The molecule has 4 atom stereocenters. The van der Waals surface area contributed by atoms with Gasteiger partial charge < -0.3 is 9.84 Å². The van der Waals surface area contributed by atoms with Crippen LogP contribution in [0, 0.1) is 17.8 Å². The van der Waals surface area contributed by atoms with E-state index in [1.165, 1.54) is 25.7 Å². The quantitative estimate of drug-likeness (QED) is 0.880. The van der Waals surface area contributed by atoms with Crippen molar-refractivity contribution >= 4 is 0 Å². The standard InChI is InChI=1S/C16H22O2/c1-11(17)13-3-2-4-16(9-13)18-10-15-8-12-5-6-14(15)7-12/h2-4,9,11-12,14-15,17H,5-8,10H2,1H3. The van der Waals surface area contributed by atoms with E-state index in [-0.39, 0.29) is 0 Å². The maximum absolute atomic E-state index is 9.56. The van der Waals surface area contributed by atoms with E-state index >= 15 is 0 Å². The first kappa shape index (κ1) is 12.0. The van der Waals surface area contributed by atoms with Crippen molar-refractivity contribution in [2.75, 3.05) is 6.61 Å². The number of ether oxygens (including phenoxy) is 1. The summed E-state index contributed by atoms with van der Waals surface area (Å²) in [6, 6.07) is 7.84. The minimum Gasteiger partial charge on any atom is -0.493 e. The molecule has 0 amide bonds. The Labute approximate surface area is 109 Å². The van der Waals surface area contributed by atoms with E-state index in [0.717, 1.165) is 35.7 Å². The van der Waals surface area contributed by atoms with Crippen LogP contribution in [0.2, 0.25) is 0 Å². The molecule has 0 spiro atoms. The van der Waals surface area contributed by atoms with Crippen LogP contribution in [0.5, 0.6) is 5.75 Å². The van der Waals surface area contributed by atoms with E-state index in [0.29, 0.717) is 0 Å². The van der Waals surface area contributed by atoms with Gasteiger partial charge in [0.1, 0.15) is 5.75 Å². The second-order valence-electron chi connectivity index (χ2n) is 5.99. The molecule has 1 N–H and O–H groups in total. The summed E-state index contributed by atoms with van der Waals surface area (Å²) < 4.78 is 5.92. The zero-order valence-corrected chi connectivity index (χ0v) is 11.0. The topological polar surface area (TPSA) is 29.5 Å². The first-order valence-corrected chi connectivity index (χ1v) is 7.13. The van der Waals surface area contributed by atoms with Gasteiger partial charge in [-0.3, -0.25) is 0 Å². The molecule has 0 heterocycles. The molecule has 2 saturated carbocycles. The van der Waals surface area contributed by atoms with Gasteiger partial charge >= 0.3 is 0 Å². The number of aliphatic hydroxyl groups excluding tert-OH is 1. The second kappa shape index (κ2) is 4.93. The Kier molecular flexibility index (Phi) is 3.29. The van der Waals surface area contributed by atoms with E-state index in [1.807, 2.05) is 24.3 Å². The molecule has 4 unspecified atom stereocenters. The van der Waals surface area contributed by atoms with Crippen molar-refractivity contribution in [3.8, 4) is 5.75 Å². The average molecular weight is 246 g/mol. The summed E-state index contributed by atoms with van der Waals surface area (Å²) in [6.07, 6.45) is 5.23. The third kappa shape index (κ3) is 2.39. The highest BCUT2D eigenvalue weighted by atomic mass is 16.5. The van der Waals surface area contributed by atoms with E-state index < -0.39 is 6.10 Å². The smallest absolute Gasteiger partial charge is 0.119 e. The lowest BCUT2D eigenvalue weighted by atomic mass is 9.89. The van der Waals surface area contributed by atoms with Gasteiger partial charge in [0.2, 0.25) is 0 Å². The summed E-state index contributed by atoms with van der Waals surface area (Å²) in [5.41, 5.74) is 0.931. The van der Waals surface area contributed by atoms with Crippen LogP contribution in [-0.4, -0.2) is 11.7 Å². The minimum absolute atomic E-state index is 0.420. The Morgan fingerprint density at radius 3 is 2.89 bits per heavy atom. The average Bonchev–Trinajstić information content (AvgIpc) is 2.99. The molecule has 2 fully saturated rings. The third-order valence-electron chi connectivity index (χ3n) is 4.69. The number of hydrogen-bond donors (Lipinski definition) is 1. The maximum atomic E-state index is 9.56. The molecule has 0 aromatic heterocycles. The lowest BCUT2D eigenvalue weighted by Crippen LogP contribution is -2.18. The molecule has 0 saturated heterocycles. The molecule has 1 aromatic rings. The van der Waals surface area contributed by atoms with Crippen molar-refractivity contribution in [1.29, 1.82) is 0 Å². The minimum atomic E-state index is -0.420. The van der Waals surface area contributed by atoms with Crippen LogP contribution < -0.4 is 4.74 Å². The Morgan fingerprint density at radius 2 is 2.22 bits per heavy atom. The predicted molar refractivity (Wildman–Crippen MR) is 71.5 cm³/mol. The van der Waals surface area contributed by atoms with Gasteiger partial charge in [-0.2, -0.15) is 0 Å². The molecule has 0 radical (unpaired) electrons. The molecule has 1 aromatic carbocycles. The normalized spacial score (nSPS) is 31.6. The molecule has 2 aliphatic rings. The molecule has 18 heavy (non-hydrogen) atoms. The Hall–Kier alpha value is -1.02. The molecule has 2 bridgehead atoms. The Morgan fingerprint density at radius 1 is 1.33 bits per heavy atom. The highest BCUT2D eigenvalue weighted by Crippen LogP contribution is 2.48. The van der Waals surface area contributed by atoms with Crippen LogP contribution in [-0.2, 0) is 0 Å². The van der Waals surface area contributed by atoms with Gasteiger partial charge in [-0.15, -0.1) is 0 Å². The van der Waals surface area contributed by atoms with E-state index in [4.69, 9.17) is 4.74 Å². The van der Waals surface area contributed by atoms with Gasteiger partial charge in [0.05, 0.1) is 12.7 Å². The highest BCUT2D eigenvalue weighted by molar-refractivity contribution is 5.29. The molecule has 2 heteroatoms. The fourth-order valence-electron chi connectivity index (χ4n) is 3.65. The predicted octanol–water partition coefficient (Wildman–Crippen LogP) is 3.55. The number of benzene rings is 1. The molecule has 98 valence electrons. The van der Waals surface area contributed by atoms with Gasteiger partial charge in [0.15, 0.2) is 0 Å². The summed E-state index contributed by atoms with van der Waals surface area (Å²) in [5, 5.41) is 9.56. The van der Waals surface area contributed by atoms with Crippen molar-refractivity contribution in [1.82, 2.24) is 0 Å². The summed E-state index contributed by atoms with van der Waals surface area (Å²) in [4.78, 5) is 0. The van der Waals surface area contributed by atoms with Crippen LogP contribution >= 0.6 is 0 Å². The Bertz CT molecular complexity index is 413. The fraction of sp³-hybridized carbons (Fsp3) is 0.625. The first-order chi connectivity index (χ1) is 8.72. The molecule has 2 nitrogen and oxygen atoms in total. The van der Waals surface area contributed by atoms with Gasteiger partial charge in [-0.05, 0) is 61.6 Å². The number of aliphatic hydroxyl groups is 1. The Balaban J connectivity index is 1.58. The molecule has 2 aliphatic carbocycles. The lowest BCUT2D eigenvalue weighted by Gasteiger charge is -2.22. The van der Waals surface area contributed by atoms with Crippen molar-refractivity contribution in [3.63, 3.8) is 0 Å². The van der Waals surface area contributed by atoms with Crippen LogP contribution in [0.3, 0.4) is 0 Å². The van der Waals surface area contributed by atoms with E-state index in [1.54, 1.807) is 6.92 Å². The van der Waals surface area contributed by atoms with Crippen molar-refractivity contribution in [2.45, 2.75) is 38.7 Å². The summed E-state index contributed by atoms with van der Waals surface area (Å²) >= 11 is 0. The van der Waals surface area contributed by atoms with Gasteiger partial charge in [-0.1, -0.05) is 18.6 Å². The zero-order valence-electron chi connectivity index (χ0n) is 11.0. The van der Waals surface area contributed by atoms with Gasteiger partial charge in [0.25, 0.3) is 0 Å². The van der Waals surface area contributed by atoms with Crippen molar-refractivity contribution in [2.24, 2.45) is 17.8 Å². The maximum Gasteiger partial charge on any atom is 0.119 e. The molecular weight excluding hydrogens is 224 g/mol. The molecule has 3 rings (SSSR count). The van der Waals surface area contributed by atoms with Crippen LogP contribution in [0.15, 0.2) is 24.3 Å². The van der Waals surface area contributed by atoms with Crippen molar-refractivity contribution in [3.05, 3.63) is 29.8 Å². The van der Waals surface area contributed by atoms with Crippen LogP contribution in [0.1, 0.15) is 44.3 Å². The zero-order chi connectivity index (χ0) is 12.5. The van der Waals surface area contributed by atoms with Gasteiger partial charge in [-0.25, -0.2) is 0 Å². The number of rotatable bonds is 4. The first-order valence-electron chi connectivity index (χ1n) is 7.13. The lowest BCUT2D eigenvalue weighted by molar-refractivity contribution is 0.189. The fourth-order valence-corrected chi connectivity index (χ4v) is 3.65. The van der Waals surface area contributed by atoms with E-state index in [9.17, 15) is 5.11 Å². The second-order valence-corrected chi connectivity index (χ2v) is 5.99. The highest BCUT2D eigenvalue weighted by Gasteiger charge is 2.39. The summed E-state index contributed by atoms with van der Waals surface area (Å²) in [5.74, 6) is 3.55. The monoisotopic (exact) mass is 246 g/mol. The summed E-state index contributed by atoms with van der Waals surface area (Å²) in [7, 11) is 0. The summed E-state index contributed by atoms with van der Waals surface area (Å²) in [6.45, 7) is 2.64. The molecular formula is C16H22O2. The number of hydrogen-bond acceptors (Lipinski definition) is 2.